The van der Waals surface area contributed by atoms with Crippen LogP contribution in [0.1, 0.15) is 25.5 Å². The third kappa shape index (κ3) is 1.96. The standard InChI is InChI=1S/C14H15ClO2/c1-14(9-11(15)6-7-16-14)13-8-10-4-2-3-5-12(10)17-13/h2-5,8,11H,6-7,9H2,1H3. The van der Waals surface area contributed by atoms with Crippen molar-refractivity contribution in [2.24, 2.45) is 0 Å². The summed E-state index contributed by atoms with van der Waals surface area (Å²) in [5, 5.41) is 1.28. The summed E-state index contributed by atoms with van der Waals surface area (Å²) in [6, 6.07) is 10.1. The summed E-state index contributed by atoms with van der Waals surface area (Å²) < 4.78 is 11.7. The Balaban J connectivity index is 2.02. The molecule has 1 aromatic heterocycles. The maximum Gasteiger partial charge on any atom is 0.136 e. The van der Waals surface area contributed by atoms with Crippen molar-refractivity contribution in [2.45, 2.75) is 30.7 Å². The van der Waals surface area contributed by atoms with E-state index in [-0.39, 0.29) is 11.0 Å². The molecule has 0 radical (unpaired) electrons. The van der Waals surface area contributed by atoms with Gasteiger partial charge in [0, 0.05) is 17.4 Å². The van der Waals surface area contributed by atoms with Crippen LogP contribution in [0.2, 0.25) is 0 Å². The zero-order chi connectivity index (χ0) is 11.9. The van der Waals surface area contributed by atoms with Crippen LogP contribution in [-0.2, 0) is 10.3 Å². The van der Waals surface area contributed by atoms with Crippen LogP contribution < -0.4 is 0 Å². The number of halogens is 1. The Labute approximate surface area is 106 Å². The van der Waals surface area contributed by atoms with Gasteiger partial charge in [-0.3, -0.25) is 0 Å². The Bertz CT molecular complexity index is 501. The Morgan fingerprint density at radius 3 is 2.94 bits per heavy atom. The summed E-state index contributed by atoms with van der Waals surface area (Å²) in [7, 11) is 0. The maximum atomic E-state index is 6.23. The molecule has 3 heteroatoms. The highest BCUT2D eigenvalue weighted by atomic mass is 35.5. The molecular weight excluding hydrogens is 236 g/mol. The van der Waals surface area contributed by atoms with Crippen LogP contribution in [0.25, 0.3) is 11.0 Å². The average Bonchev–Trinajstić information content (AvgIpc) is 2.73. The molecule has 3 rings (SSSR count). The molecule has 0 spiro atoms. The van der Waals surface area contributed by atoms with Crippen molar-refractivity contribution in [3.63, 3.8) is 0 Å². The third-order valence-corrected chi connectivity index (χ3v) is 3.78. The molecule has 0 bridgehead atoms. The topological polar surface area (TPSA) is 22.4 Å². The van der Waals surface area contributed by atoms with E-state index in [0.29, 0.717) is 6.61 Å². The zero-order valence-electron chi connectivity index (χ0n) is 9.78. The number of furan rings is 1. The van der Waals surface area contributed by atoms with E-state index < -0.39 is 0 Å². The predicted molar refractivity (Wildman–Crippen MR) is 68.4 cm³/mol. The number of para-hydroxylation sites is 1. The van der Waals surface area contributed by atoms with Gasteiger partial charge in [0.25, 0.3) is 0 Å². The first-order chi connectivity index (χ1) is 8.17. The molecule has 90 valence electrons. The minimum atomic E-state index is -0.385. The van der Waals surface area contributed by atoms with Gasteiger partial charge in [-0.2, -0.15) is 0 Å². The van der Waals surface area contributed by atoms with E-state index in [9.17, 15) is 0 Å². The van der Waals surface area contributed by atoms with Crippen LogP contribution in [0.4, 0.5) is 0 Å². The first-order valence-corrected chi connectivity index (χ1v) is 6.38. The van der Waals surface area contributed by atoms with E-state index in [1.165, 1.54) is 0 Å². The molecule has 0 aliphatic carbocycles. The van der Waals surface area contributed by atoms with Crippen LogP contribution in [-0.4, -0.2) is 12.0 Å². The van der Waals surface area contributed by atoms with E-state index >= 15 is 0 Å². The van der Waals surface area contributed by atoms with E-state index in [1.807, 2.05) is 24.3 Å². The summed E-state index contributed by atoms with van der Waals surface area (Å²) in [6.07, 6.45) is 1.71. The molecule has 0 amide bonds. The lowest BCUT2D eigenvalue weighted by atomic mass is 9.93. The quantitative estimate of drug-likeness (QED) is 0.712. The second-order valence-corrected chi connectivity index (χ2v) is 5.44. The van der Waals surface area contributed by atoms with Gasteiger partial charge in [-0.1, -0.05) is 18.2 Å². The fraction of sp³-hybridized carbons (Fsp3) is 0.429. The van der Waals surface area contributed by atoms with Gasteiger partial charge in [0.05, 0.1) is 0 Å². The SMILES string of the molecule is CC1(c2cc3ccccc3o2)CC(Cl)CCO1. The molecule has 1 aliphatic rings. The third-order valence-electron chi connectivity index (χ3n) is 3.41. The molecule has 1 aliphatic heterocycles. The lowest BCUT2D eigenvalue weighted by Gasteiger charge is -2.34. The summed E-state index contributed by atoms with van der Waals surface area (Å²) in [5.74, 6) is 0.879. The van der Waals surface area contributed by atoms with E-state index in [4.69, 9.17) is 20.8 Å². The molecule has 1 fully saturated rings. The molecule has 1 aromatic carbocycles. The van der Waals surface area contributed by atoms with Gasteiger partial charge in [-0.15, -0.1) is 11.6 Å². The van der Waals surface area contributed by atoms with E-state index in [1.54, 1.807) is 0 Å². The van der Waals surface area contributed by atoms with Crippen LogP contribution in [0.3, 0.4) is 0 Å². The molecule has 2 aromatic rings. The number of alkyl halides is 1. The number of fused-ring (bicyclic) bond motifs is 1. The van der Waals surface area contributed by atoms with E-state index in [0.717, 1.165) is 29.6 Å². The summed E-state index contributed by atoms with van der Waals surface area (Å²) >= 11 is 6.23. The second kappa shape index (κ2) is 4.04. The van der Waals surface area contributed by atoms with Gasteiger partial charge in [0.2, 0.25) is 0 Å². The van der Waals surface area contributed by atoms with Crippen LogP contribution in [0, 0.1) is 0 Å². The average molecular weight is 251 g/mol. The largest absolute Gasteiger partial charge is 0.458 e. The molecule has 2 nitrogen and oxygen atoms in total. The monoisotopic (exact) mass is 250 g/mol. The molecule has 2 unspecified atom stereocenters. The van der Waals surface area contributed by atoms with Gasteiger partial charge >= 0.3 is 0 Å². The van der Waals surface area contributed by atoms with E-state index in [2.05, 4.69) is 13.0 Å². The number of ether oxygens (including phenoxy) is 1. The number of rotatable bonds is 1. The Kier molecular flexibility index (Phi) is 2.64. The number of benzene rings is 1. The minimum Gasteiger partial charge on any atom is -0.458 e. The molecule has 1 saturated heterocycles. The van der Waals surface area contributed by atoms with Crippen LogP contribution in [0.5, 0.6) is 0 Å². The normalized spacial score (nSPS) is 29.6. The highest BCUT2D eigenvalue weighted by Crippen LogP contribution is 2.39. The Morgan fingerprint density at radius 1 is 1.35 bits per heavy atom. The molecule has 2 atom stereocenters. The second-order valence-electron chi connectivity index (χ2n) is 4.82. The highest BCUT2D eigenvalue weighted by Gasteiger charge is 2.37. The van der Waals surface area contributed by atoms with Gasteiger partial charge in [0.15, 0.2) is 0 Å². The first kappa shape index (κ1) is 11.1. The van der Waals surface area contributed by atoms with Gasteiger partial charge in [-0.05, 0) is 31.9 Å². The Hall–Kier alpha value is -0.990. The minimum absolute atomic E-state index is 0.168. The summed E-state index contributed by atoms with van der Waals surface area (Å²) in [6.45, 7) is 2.75. The van der Waals surface area contributed by atoms with Gasteiger partial charge in [0.1, 0.15) is 16.9 Å². The van der Waals surface area contributed by atoms with Crippen molar-refractivity contribution in [3.8, 4) is 0 Å². The fourth-order valence-electron chi connectivity index (χ4n) is 2.41. The van der Waals surface area contributed by atoms with Crippen molar-refractivity contribution in [2.75, 3.05) is 6.61 Å². The van der Waals surface area contributed by atoms with Crippen molar-refractivity contribution in [1.29, 1.82) is 0 Å². The van der Waals surface area contributed by atoms with Crippen molar-refractivity contribution >= 4 is 22.6 Å². The number of hydrogen-bond acceptors (Lipinski definition) is 2. The van der Waals surface area contributed by atoms with Crippen molar-refractivity contribution < 1.29 is 9.15 Å². The van der Waals surface area contributed by atoms with Crippen molar-refractivity contribution in [1.82, 2.24) is 0 Å². The molecule has 0 saturated carbocycles. The summed E-state index contributed by atoms with van der Waals surface area (Å²) in [5.41, 5.74) is 0.521. The highest BCUT2D eigenvalue weighted by molar-refractivity contribution is 6.20. The lowest BCUT2D eigenvalue weighted by molar-refractivity contribution is -0.0807. The smallest absolute Gasteiger partial charge is 0.136 e. The molecule has 17 heavy (non-hydrogen) atoms. The predicted octanol–water partition coefficient (Wildman–Crippen LogP) is 4.07. The Morgan fingerprint density at radius 2 is 2.18 bits per heavy atom. The maximum absolute atomic E-state index is 6.23. The van der Waals surface area contributed by atoms with Crippen LogP contribution in [0.15, 0.2) is 34.7 Å². The molecular formula is C14H15ClO2. The lowest BCUT2D eigenvalue weighted by Crippen LogP contribution is -2.34. The van der Waals surface area contributed by atoms with Crippen molar-refractivity contribution in [3.05, 3.63) is 36.1 Å². The molecule has 2 heterocycles. The fourth-order valence-corrected chi connectivity index (χ4v) is 2.79. The van der Waals surface area contributed by atoms with Crippen LogP contribution >= 0.6 is 11.6 Å². The summed E-state index contributed by atoms with van der Waals surface area (Å²) in [4.78, 5) is 0. The molecule has 0 N–H and O–H groups in total. The van der Waals surface area contributed by atoms with Gasteiger partial charge in [-0.25, -0.2) is 0 Å². The first-order valence-electron chi connectivity index (χ1n) is 5.94. The zero-order valence-corrected chi connectivity index (χ0v) is 10.5. The number of hydrogen-bond donors (Lipinski definition) is 0. The van der Waals surface area contributed by atoms with Gasteiger partial charge < -0.3 is 9.15 Å².